The molecule has 2 amide bonds. The highest BCUT2D eigenvalue weighted by Crippen LogP contribution is 2.28. The van der Waals surface area contributed by atoms with Gasteiger partial charge in [0.05, 0.1) is 11.9 Å². The number of unbranched alkanes of at least 4 members (excludes halogenated alkanes) is 1. The van der Waals surface area contributed by atoms with E-state index in [9.17, 15) is 18.0 Å². The molecule has 0 bridgehead atoms. The van der Waals surface area contributed by atoms with E-state index in [1.807, 2.05) is 32.0 Å². The number of halogens is 2. The average Bonchev–Trinajstić information content (AvgIpc) is 2.84. The number of sulfonamides is 1. The number of hydrogen-bond donors (Lipinski definition) is 1. The van der Waals surface area contributed by atoms with Crippen LogP contribution in [0.1, 0.15) is 57.1 Å². The Morgan fingerprint density at radius 3 is 2.30 bits per heavy atom. The molecule has 2 aromatic rings. The number of nitrogens with one attached hydrogen (secondary N) is 1. The molecular weight excluding hydrogens is 533 g/mol. The molecule has 0 aliphatic rings. The van der Waals surface area contributed by atoms with Crippen LogP contribution in [0.25, 0.3) is 0 Å². The second kappa shape index (κ2) is 14.6. The monoisotopic (exact) mass is 569 g/mol. The highest BCUT2D eigenvalue weighted by molar-refractivity contribution is 7.92. The van der Waals surface area contributed by atoms with Crippen LogP contribution in [0.15, 0.2) is 42.5 Å². The van der Waals surface area contributed by atoms with Crippen molar-refractivity contribution in [3.63, 3.8) is 0 Å². The number of carbonyl (C=O) groups excluding carboxylic acids is 2. The van der Waals surface area contributed by atoms with E-state index in [0.717, 1.165) is 24.7 Å². The van der Waals surface area contributed by atoms with Gasteiger partial charge in [0.2, 0.25) is 21.8 Å². The summed E-state index contributed by atoms with van der Waals surface area (Å²) in [6, 6.07) is 11.7. The van der Waals surface area contributed by atoms with Gasteiger partial charge in [-0.3, -0.25) is 13.9 Å². The first-order chi connectivity index (χ1) is 17.5. The van der Waals surface area contributed by atoms with Crippen LogP contribution in [-0.2, 0) is 26.2 Å². The third-order valence-corrected chi connectivity index (χ3v) is 8.13. The number of amides is 2. The van der Waals surface area contributed by atoms with Gasteiger partial charge in [-0.25, -0.2) is 8.42 Å². The fourth-order valence-electron chi connectivity index (χ4n) is 4.08. The van der Waals surface area contributed by atoms with Gasteiger partial charge in [-0.05, 0) is 55.5 Å². The van der Waals surface area contributed by atoms with E-state index in [4.69, 9.17) is 23.2 Å². The zero-order valence-corrected chi connectivity index (χ0v) is 24.3. The van der Waals surface area contributed by atoms with Crippen LogP contribution in [-0.4, -0.2) is 50.5 Å². The van der Waals surface area contributed by atoms with Crippen molar-refractivity contribution in [1.29, 1.82) is 0 Å². The van der Waals surface area contributed by atoms with Crippen molar-refractivity contribution >= 4 is 50.7 Å². The molecular formula is C27H37Cl2N3O4S. The fraction of sp³-hybridized carbons (Fsp3) is 0.481. The summed E-state index contributed by atoms with van der Waals surface area (Å²) in [6.45, 7) is 6.50. The summed E-state index contributed by atoms with van der Waals surface area (Å²) >= 11 is 12.6. The maximum atomic E-state index is 13.5. The lowest BCUT2D eigenvalue weighted by atomic mass is 10.1. The van der Waals surface area contributed by atoms with E-state index in [1.165, 1.54) is 4.31 Å². The fourth-order valence-corrected chi connectivity index (χ4v) is 5.47. The number of anilines is 1. The van der Waals surface area contributed by atoms with Gasteiger partial charge >= 0.3 is 0 Å². The Balaban J connectivity index is 2.24. The molecule has 0 fully saturated rings. The normalized spacial score (nSPS) is 12.2. The Kier molecular flexibility index (Phi) is 12.2. The first-order valence-electron chi connectivity index (χ1n) is 12.5. The van der Waals surface area contributed by atoms with Gasteiger partial charge in [0.25, 0.3) is 0 Å². The number of nitrogens with zero attached hydrogens (tertiary/aromatic N) is 2. The van der Waals surface area contributed by atoms with Crippen LogP contribution in [0.4, 0.5) is 5.69 Å². The Labute approximate surface area is 231 Å². The summed E-state index contributed by atoms with van der Waals surface area (Å²) < 4.78 is 26.4. The zero-order valence-electron chi connectivity index (χ0n) is 22.0. The Hall–Kier alpha value is -2.29. The first-order valence-corrected chi connectivity index (χ1v) is 15.1. The second-order valence-electron chi connectivity index (χ2n) is 9.00. The smallest absolute Gasteiger partial charge is 0.242 e. The van der Waals surface area contributed by atoms with Crippen molar-refractivity contribution < 1.29 is 18.0 Å². The zero-order chi connectivity index (χ0) is 27.6. The summed E-state index contributed by atoms with van der Waals surface area (Å²) in [5.74, 6) is -0.447. The molecule has 0 spiro atoms. The van der Waals surface area contributed by atoms with Gasteiger partial charge in [0.1, 0.15) is 6.04 Å². The summed E-state index contributed by atoms with van der Waals surface area (Å²) in [5, 5.41) is 3.91. The first kappa shape index (κ1) is 30.9. The largest absolute Gasteiger partial charge is 0.354 e. The van der Waals surface area contributed by atoms with Crippen molar-refractivity contribution in [3.8, 4) is 0 Å². The highest BCUT2D eigenvalue weighted by Gasteiger charge is 2.29. The maximum absolute atomic E-state index is 13.5. The topological polar surface area (TPSA) is 86.8 Å². The molecule has 0 aliphatic carbocycles. The van der Waals surface area contributed by atoms with Crippen molar-refractivity contribution in [2.75, 3.05) is 23.7 Å². The summed E-state index contributed by atoms with van der Waals surface area (Å²) in [4.78, 5) is 28.0. The molecule has 7 nitrogen and oxygen atoms in total. The van der Waals surface area contributed by atoms with Gasteiger partial charge in [-0.2, -0.15) is 0 Å². The van der Waals surface area contributed by atoms with E-state index < -0.39 is 16.1 Å². The van der Waals surface area contributed by atoms with Crippen LogP contribution in [0.3, 0.4) is 0 Å². The summed E-state index contributed by atoms with van der Waals surface area (Å²) in [6.07, 6.45) is 3.70. The molecule has 0 saturated carbocycles. The van der Waals surface area contributed by atoms with Gasteiger partial charge in [0, 0.05) is 36.1 Å². The van der Waals surface area contributed by atoms with E-state index in [1.54, 1.807) is 36.1 Å². The molecule has 2 aromatic carbocycles. The van der Waals surface area contributed by atoms with Gasteiger partial charge < -0.3 is 10.2 Å². The van der Waals surface area contributed by atoms with Crippen molar-refractivity contribution in [2.24, 2.45) is 0 Å². The number of benzene rings is 2. The number of rotatable bonds is 14. The lowest BCUT2D eigenvalue weighted by Crippen LogP contribution is -2.49. The van der Waals surface area contributed by atoms with Gasteiger partial charge in [-0.15, -0.1) is 0 Å². The van der Waals surface area contributed by atoms with Gasteiger partial charge in [-0.1, -0.05) is 67.7 Å². The molecule has 2 rings (SSSR count). The van der Waals surface area contributed by atoms with Crippen LogP contribution in [0, 0.1) is 6.92 Å². The quantitative estimate of drug-likeness (QED) is 0.301. The van der Waals surface area contributed by atoms with E-state index >= 15 is 0 Å². The molecule has 0 aromatic heterocycles. The average molecular weight is 571 g/mol. The third-order valence-electron chi connectivity index (χ3n) is 6.17. The number of hydrogen-bond acceptors (Lipinski definition) is 4. The van der Waals surface area contributed by atoms with Crippen LogP contribution >= 0.6 is 23.2 Å². The molecule has 1 N–H and O–H groups in total. The standard InChI is InChI=1S/C27H37Cl2N3O4S/c1-5-7-17-30-27(34)24(6-2)31(19-21-12-8-9-13-23(21)29)26(33)16-11-18-32(37(4,35)36)25-15-10-14-22(28)20(25)3/h8-10,12-15,24H,5-7,11,16-19H2,1-4H3,(H,30,34)/t24-/m0/s1. The minimum absolute atomic E-state index is 0.0643. The molecule has 0 radical (unpaired) electrons. The van der Waals surface area contributed by atoms with Crippen molar-refractivity contribution in [1.82, 2.24) is 10.2 Å². The summed E-state index contributed by atoms with van der Waals surface area (Å²) in [7, 11) is -3.61. The van der Waals surface area contributed by atoms with E-state index in [0.29, 0.717) is 34.3 Å². The second-order valence-corrected chi connectivity index (χ2v) is 11.7. The van der Waals surface area contributed by atoms with Crippen LogP contribution in [0.2, 0.25) is 10.0 Å². The molecule has 0 aliphatic heterocycles. The summed E-state index contributed by atoms with van der Waals surface area (Å²) in [5.41, 5.74) is 1.87. The molecule has 204 valence electrons. The highest BCUT2D eigenvalue weighted by atomic mass is 35.5. The lowest BCUT2D eigenvalue weighted by Gasteiger charge is -2.31. The molecule has 10 heteroatoms. The Morgan fingerprint density at radius 2 is 1.68 bits per heavy atom. The minimum Gasteiger partial charge on any atom is -0.354 e. The molecule has 0 unspecified atom stereocenters. The van der Waals surface area contributed by atoms with E-state index in [-0.39, 0.29) is 37.7 Å². The third kappa shape index (κ3) is 8.90. The van der Waals surface area contributed by atoms with Crippen LogP contribution in [0.5, 0.6) is 0 Å². The Morgan fingerprint density at radius 1 is 1.00 bits per heavy atom. The van der Waals surface area contributed by atoms with Crippen molar-refractivity contribution in [3.05, 3.63) is 63.6 Å². The molecule has 37 heavy (non-hydrogen) atoms. The molecule has 1 atom stereocenters. The van der Waals surface area contributed by atoms with Crippen molar-refractivity contribution in [2.45, 2.75) is 65.5 Å². The minimum atomic E-state index is -3.61. The lowest BCUT2D eigenvalue weighted by molar-refractivity contribution is -0.141. The van der Waals surface area contributed by atoms with Gasteiger partial charge in [0.15, 0.2) is 0 Å². The Bertz CT molecular complexity index is 1170. The molecule has 0 saturated heterocycles. The predicted molar refractivity (Wildman–Crippen MR) is 152 cm³/mol. The predicted octanol–water partition coefficient (Wildman–Crippen LogP) is 5.57. The maximum Gasteiger partial charge on any atom is 0.242 e. The SMILES string of the molecule is CCCCNC(=O)[C@H](CC)N(Cc1ccccc1Cl)C(=O)CCCN(c1cccc(Cl)c1C)S(C)(=O)=O. The number of carbonyl (C=O) groups is 2. The van der Waals surface area contributed by atoms with Crippen LogP contribution < -0.4 is 9.62 Å². The molecule has 0 heterocycles. The van der Waals surface area contributed by atoms with E-state index in [2.05, 4.69) is 5.32 Å².